The van der Waals surface area contributed by atoms with Crippen molar-refractivity contribution in [2.75, 3.05) is 6.54 Å². The molecule has 2 aromatic rings. The fraction of sp³-hybridized carbons (Fsp3) is 0.250. The molecule has 0 heterocycles. The van der Waals surface area contributed by atoms with Crippen molar-refractivity contribution in [2.45, 2.75) is 20.4 Å². The van der Waals surface area contributed by atoms with Gasteiger partial charge in [-0.2, -0.15) is 0 Å². The number of benzene rings is 2. The quantitative estimate of drug-likeness (QED) is 0.863. The Balaban J connectivity index is 2.30. The predicted molar refractivity (Wildman–Crippen MR) is 80.0 cm³/mol. The average molecular weight is 294 g/mol. The van der Waals surface area contributed by atoms with Crippen molar-refractivity contribution in [3.05, 3.63) is 58.4 Å². The van der Waals surface area contributed by atoms with Gasteiger partial charge in [0.2, 0.25) is 0 Å². The fourth-order valence-corrected chi connectivity index (χ4v) is 2.06. The van der Waals surface area contributed by atoms with Gasteiger partial charge in [0, 0.05) is 17.1 Å². The molecule has 0 spiro atoms. The Morgan fingerprint density at radius 1 is 1.20 bits per heavy atom. The SMILES string of the molecule is CCNCc1cc(Cl)ccc1Oc1cccc(C)c1F. The summed E-state index contributed by atoms with van der Waals surface area (Å²) < 4.78 is 19.7. The number of hydrogen-bond donors (Lipinski definition) is 1. The van der Waals surface area contributed by atoms with Crippen molar-refractivity contribution < 1.29 is 9.13 Å². The van der Waals surface area contributed by atoms with Gasteiger partial charge in [0.05, 0.1) is 0 Å². The summed E-state index contributed by atoms with van der Waals surface area (Å²) in [5, 5.41) is 3.85. The summed E-state index contributed by atoms with van der Waals surface area (Å²) in [5.74, 6) is 0.502. The van der Waals surface area contributed by atoms with Crippen LogP contribution >= 0.6 is 11.6 Å². The molecule has 2 nitrogen and oxygen atoms in total. The normalized spacial score (nSPS) is 10.6. The smallest absolute Gasteiger partial charge is 0.168 e. The van der Waals surface area contributed by atoms with Crippen LogP contribution in [0.15, 0.2) is 36.4 Å². The zero-order chi connectivity index (χ0) is 14.5. The molecule has 2 aromatic carbocycles. The van der Waals surface area contributed by atoms with Gasteiger partial charge in [0.25, 0.3) is 0 Å². The highest BCUT2D eigenvalue weighted by atomic mass is 35.5. The highest BCUT2D eigenvalue weighted by Crippen LogP contribution is 2.30. The first-order valence-electron chi connectivity index (χ1n) is 6.54. The van der Waals surface area contributed by atoms with Crippen LogP contribution < -0.4 is 10.1 Å². The highest BCUT2D eigenvalue weighted by Gasteiger charge is 2.10. The van der Waals surface area contributed by atoms with E-state index in [1.807, 2.05) is 13.0 Å². The van der Waals surface area contributed by atoms with Crippen molar-refractivity contribution in [1.29, 1.82) is 0 Å². The number of nitrogens with one attached hydrogen (secondary N) is 1. The third-order valence-electron chi connectivity index (χ3n) is 2.96. The maximum Gasteiger partial charge on any atom is 0.168 e. The molecular formula is C16H17ClFNO. The summed E-state index contributed by atoms with van der Waals surface area (Å²) in [6.07, 6.45) is 0. The van der Waals surface area contributed by atoms with Gasteiger partial charge in [0.1, 0.15) is 5.75 Å². The molecule has 0 radical (unpaired) electrons. The summed E-state index contributed by atoms with van der Waals surface area (Å²) >= 11 is 6.00. The molecule has 0 aliphatic carbocycles. The molecule has 0 aliphatic rings. The molecule has 0 bridgehead atoms. The zero-order valence-electron chi connectivity index (χ0n) is 11.5. The van der Waals surface area contributed by atoms with E-state index in [1.165, 1.54) is 0 Å². The summed E-state index contributed by atoms with van der Waals surface area (Å²) in [7, 11) is 0. The summed E-state index contributed by atoms with van der Waals surface area (Å²) in [6.45, 7) is 5.19. The molecule has 106 valence electrons. The standard InChI is InChI=1S/C16H17ClFNO/c1-3-19-10-12-9-13(17)7-8-14(12)20-15-6-4-5-11(2)16(15)18/h4-9,19H,3,10H2,1-2H3. The van der Waals surface area contributed by atoms with Crippen LogP contribution in [0.25, 0.3) is 0 Å². The Hall–Kier alpha value is -1.58. The van der Waals surface area contributed by atoms with Crippen LogP contribution in [0.1, 0.15) is 18.1 Å². The van der Waals surface area contributed by atoms with Gasteiger partial charge in [-0.25, -0.2) is 4.39 Å². The van der Waals surface area contributed by atoms with Crippen molar-refractivity contribution in [3.63, 3.8) is 0 Å². The second-order valence-corrected chi connectivity index (χ2v) is 4.96. The zero-order valence-corrected chi connectivity index (χ0v) is 12.3. The van der Waals surface area contributed by atoms with Crippen LogP contribution in [0, 0.1) is 12.7 Å². The summed E-state index contributed by atoms with van der Waals surface area (Å²) in [4.78, 5) is 0. The van der Waals surface area contributed by atoms with Crippen LogP contribution in [0.3, 0.4) is 0 Å². The molecule has 0 aliphatic heterocycles. The topological polar surface area (TPSA) is 21.3 Å². The highest BCUT2D eigenvalue weighted by molar-refractivity contribution is 6.30. The molecule has 0 unspecified atom stereocenters. The van der Waals surface area contributed by atoms with Crippen molar-refractivity contribution in [1.82, 2.24) is 5.32 Å². The maximum absolute atomic E-state index is 14.0. The maximum atomic E-state index is 14.0. The molecule has 0 atom stereocenters. The molecule has 1 N–H and O–H groups in total. The molecule has 2 rings (SSSR count). The van der Waals surface area contributed by atoms with Crippen LogP contribution in [0.2, 0.25) is 5.02 Å². The number of hydrogen-bond acceptors (Lipinski definition) is 2. The van der Waals surface area contributed by atoms with Crippen LogP contribution in [0.4, 0.5) is 4.39 Å². The van der Waals surface area contributed by atoms with E-state index >= 15 is 0 Å². The van der Waals surface area contributed by atoms with E-state index in [2.05, 4.69) is 5.32 Å². The van der Waals surface area contributed by atoms with E-state index in [-0.39, 0.29) is 11.6 Å². The lowest BCUT2D eigenvalue weighted by Gasteiger charge is -2.13. The van der Waals surface area contributed by atoms with Gasteiger partial charge in [-0.15, -0.1) is 0 Å². The number of aryl methyl sites for hydroxylation is 1. The minimum Gasteiger partial charge on any atom is -0.454 e. The van der Waals surface area contributed by atoms with Gasteiger partial charge in [-0.05, 0) is 43.3 Å². The number of rotatable bonds is 5. The Morgan fingerprint density at radius 2 is 2.00 bits per heavy atom. The molecule has 0 saturated heterocycles. The Labute approximate surface area is 123 Å². The fourth-order valence-electron chi connectivity index (χ4n) is 1.86. The first-order valence-corrected chi connectivity index (χ1v) is 6.91. The number of ether oxygens (including phenoxy) is 1. The molecule has 0 aromatic heterocycles. The van der Waals surface area contributed by atoms with Gasteiger partial charge in [-0.3, -0.25) is 0 Å². The molecular weight excluding hydrogens is 277 g/mol. The Morgan fingerprint density at radius 3 is 2.75 bits per heavy atom. The summed E-state index contributed by atoms with van der Waals surface area (Å²) in [5.41, 5.74) is 1.46. The second-order valence-electron chi connectivity index (χ2n) is 4.52. The first-order chi connectivity index (χ1) is 9.61. The van der Waals surface area contributed by atoms with Crippen molar-refractivity contribution in [2.24, 2.45) is 0 Å². The van der Waals surface area contributed by atoms with E-state index in [9.17, 15) is 4.39 Å². The minimum atomic E-state index is -0.336. The van der Waals surface area contributed by atoms with E-state index in [4.69, 9.17) is 16.3 Å². The number of halogens is 2. The first kappa shape index (κ1) is 14.8. The van der Waals surface area contributed by atoms with Crippen LogP contribution in [-0.2, 0) is 6.54 Å². The third-order valence-corrected chi connectivity index (χ3v) is 3.20. The van der Waals surface area contributed by atoms with Gasteiger partial charge >= 0.3 is 0 Å². The lowest BCUT2D eigenvalue weighted by molar-refractivity contribution is 0.434. The van der Waals surface area contributed by atoms with Crippen LogP contribution in [0.5, 0.6) is 11.5 Å². The molecule has 0 saturated carbocycles. The third kappa shape index (κ3) is 3.50. The Bertz CT molecular complexity index is 601. The average Bonchev–Trinajstić information content (AvgIpc) is 2.44. The van der Waals surface area contributed by atoms with E-state index in [0.29, 0.717) is 22.9 Å². The predicted octanol–water partition coefficient (Wildman–Crippen LogP) is 4.69. The molecule has 4 heteroatoms. The monoisotopic (exact) mass is 293 g/mol. The molecule has 0 amide bonds. The van der Waals surface area contributed by atoms with Gasteiger partial charge in [0.15, 0.2) is 11.6 Å². The van der Waals surface area contributed by atoms with Crippen molar-refractivity contribution in [3.8, 4) is 11.5 Å². The second kappa shape index (κ2) is 6.73. The van der Waals surface area contributed by atoms with Crippen LogP contribution in [-0.4, -0.2) is 6.54 Å². The Kier molecular flexibility index (Phi) is 4.99. The van der Waals surface area contributed by atoms with Crippen molar-refractivity contribution >= 4 is 11.6 Å². The van der Waals surface area contributed by atoms with E-state index in [0.717, 1.165) is 12.1 Å². The van der Waals surface area contributed by atoms with Gasteiger partial charge in [-0.1, -0.05) is 30.7 Å². The summed E-state index contributed by atoms with van der Waals surface area (Å²) in [6, 6.07) is 10.4. The van der Waals surface area contributed by atoms with E-state index < -0.39 is 0 Å². The lowest BCUT2D eigenvalue weighted by Crippen LogP contribution is -2.12. The lowest BCUT2D eigenvalue weighted by atomic mass is 10.2. The molecule has 0 fully saturated rings. The van der Waals surface area contributed by atoms with Gasteiger partial charge < -0.3 is 10.1 Å². The minimum absolute atomic E-state index is 0.227. The van der Waals surface area contributed by atoms with E-state index in [1.54, 1.807) is 37.3 Å². The molecule has 20 heavy (non-hydrogen) atoms. The largest absolute Gasteiger partial charge is 0.454 e.